The second-order valence-electron chi connectivity index (χ2n) is 3.92. The first kappa shape index (κ1) is 15.0. The fraction of sp³-hybridized carbons (Fsp3) is 0.214. The van der Waals surface area contributed by atoms with E-state index in [1.54, 1.807) is 31.4 Å². The molecule has 0 N–H and O–H groups in total. The van der Waals surface area contributed by atoms with Crippen molar-refractivity contribution >= 4 is 17.5 Å². The van der Waals surface area contributed by atoms with Gasteiger partial charge in [0.2, 0.25) is 11.8 Å². The van der Waals surface area contributed by atoms with Gasteiger partial charge in [-0.05, 0) is 24.3 Å². The molecule has 0 unspecified atom stereocenters. The van der Waals surface area contributed by atoms with Crippen molar-refractivity contribution in [2.75, 3.05) is 20.4 Å². The lowest BCUT2D eigenvalue weighted by atomic mass is 10.2. The van der Waals surface area contributed by atoms with E-state index in [0.29, 0.717) is 5.90 Å². The van der Waals surface area contributed by atoms with Crippen LogP contribution in [0, 0.1) is 22.7 Å². The number of nitriles is 2. The highest BCUT2D eigenvalue weighted by molar-refractivity contribution is 6.09. The molecule has 0 spiro atoms. The predicted molar refractivity (Wildman–Crippen MR) is 77.5 cm³/mol. The molecule has 22 heavy (non-hydrogen) atoms. The number of ether oxygens (including phenoxy) is 2. The summed E-state index contributed by atoms with van der Waals surface area (Å²) in [6.45, 7) is 0.106. The molecule has 110 valence electrons. The number of nitrogens with zero attached hydrogens (tertiary/aromatic N) is 5. The molecule has 1 aromatic rings. The minimum absolute atomic E-state index is 0.0952. The minimum atomic E-state index is -0.375. The van der Waals surface area contributed by atoms with Crippen molar-refractivity contribution in [2.45, 2.75) is 0 Å². The molecule has 0 bridgehead atoms. The first-order valence-corrected chi connectivity index (χ1v) is 6.17. The molecule has 0 fully saturated rings. The Hall–Kier alpha value is -3.39. The Bertz CT molecular complexity index is 691. The van der Waals surface area contributed by atoms with Crippen LogP contribution in [0.3, 0.4) is 0 Å². The minimum Gasteiger partial charge on any atom is -0.497 e. The molecule has 8 heteroatoms. The number of aliphatic imine (C=N–C) groups is 2. The molecule has 0 atom stereocenters. The Morgan fingerprint density at radius 2 is 2.00 bits per heavy atom. The van der Waals surface area contributed by atoms with Gasteiger partial charge in [-0.1, -0.05) is 5.16 Å². The van der Waals surface area contributed by atoms with Gasteiger partial charge in [0, 0.05) is 5.56 Å². The van der Waals surface area contributed by atoms with Crippen LogP contribution in [0.5, 0.6) is 5.75 Å². The van der Waals surface area contributed by atoms with Crippen molar-refractivity contribution in [3.05, 3.63) is 29.8 Å². The molecular formula is C14H11N5O3. The van der Waals surface area contributed by atoms with E-state index in [9.17, 15) is 0 Å². The van der Waals surface area contributed by atoms with Crippen LogP contribution >= 0.6 is 0 Å². The lowest BCUT2D eigenvalue weighted by Gasteiger charge is -2.14. The van der Waals surface area contributed by atoms with Crippen molar-refractivity contribution in [1.82, 2.24) is 0 Å². The van der Waals surface area contributed by atoms with Crippen LogP contribution in [-0.2, 0) is 9.57 Å². The van der Waals surface area contributed by atoms with Crippen molar-refractivity contribution in [3.8, 4) is 17.9 Å². The molecule has 0 amide bonds. The third-order valence-electron chi connectivity index (χ3n) is 2.57. The van der Waals surface area contributed by atoms with Gasteiger partial charge in [-0.3, -0.25) is 0 Å². The van der Waals surface area contributed by atoms with Gasteiger partial charge in [0.25, 0.3) is 5.71 Å². The number of hydrogen-bond donors (Lipinski definition) is 0. The van der Waals surface area contributed by atoms with Gasteiger partial charge >= 0.3 is 0 Å². The van der Waals surface area contributed by atoms with Crippen LogP contribution < -0.4 is 4.74 Å². The molecule has 1 aliphatic heterocycles. The summed E-state index contributed by atoms with van der Waals surface area (Å²) in [4.78, 5) is 13.0. The third kappa shape index (κ3) is 3.81. The molecule has 0 saturated carbocycles. The predicted octanol–water partition coefficient (Wildman–Crippen LogP) is 1.25. The highest BCUT2D eigenvalue weighted by Crippen LogP contribution is 2.14. The summed E-state index contributed by atoms with van der Waals surface area (Å²) < 4.78 is 10.6. The van der Waals surface area contributed by atoms with Gasteiger partial charge in [-0.25, -0.2) is 9.98 Å². The van der Waals surface area contributed by atoms with Crippen LogP contribution in [0.15, 0.2) is 39.4 Å². The normalized spacial score (nSPS) is 12.7. The van der Waals surface area contributed by atoms with E-state index in [0.717, 1.165) is 11.3 Å². The number of hydrogen-bond acceptors (Lipinski definition) is 8. The first-order chi connectivity index (χ1) is 10.8. The zero-order chi connectivity index (χ0) is 15.8. The van der Waals surface area contributed by atoms with Gasteiger partial charge < -0.3 is 14.3 Å². The molecule has 0 saturated heterocycles. The molecule has 0 aromatic heterocycles. The fourth-order valence-corrected chi connectivity index (χ4v) is 1.53. The maximum Gasteiger partial charge on any atom is 0.256 e. The Labute approximate surface area is 126 Å². The number of methoxy groups -OCH3 is 1. The quantitative estimate of drug-likeness (QED) is 0.599. The van der Waals surface area contributed by atoms with Crippen LogP contribution in [0.4, 0.5) is 0 Å². The summed E-state index contributed by atoms with van der Waals surface area (Å²) in [6.07, 6.45) is 0. The van der Waals surface area contributed by atoms with E-state index in [4.69, 9.17) is 24.8 Å². The molecule has 0 radical (unpaired) electrons. The van der Waals surface area contributed by atoms with Crippen molar-refractivity contribution in [1.29, 1.82) is 10.5 Å². The topological polar surface area (TPSA) is 112 Å². The molecule has 2 rings (SSSR count). The molecule has 1 heterocycles. The monoisotopic (exact) mass is 297 g/mol. The van der Waals surface area contributed by atoms with Gasteiger partial charge in [-0.2, -0.15) is 10.5 Å². The molecule has 1 aromatic carbocycles. The van der Waals surface area contributed by atoms with E-state index in [1.807, 2.05) is 12.1 Å². The maximum absolute atomic E-state index is 8.52. The average Bonchev–Trinajstić information content (AvgIpc) is 2.59. The Morgan fingerprint density at radius 3 is 2.64 bits per heavy atom. The van der Waals surface area contributed by atoms with Crippen LogP contribution in [-0.4, -0.2) is 37.9 Å². The Morgan fingerprint density at radius 1 is 1.27 bits per heavy atom. The van der Waals surface area contributed by atoms with Crippen LogP contribution in [0.2, 0.25) is 0 Å². The lowest BCUT2D eigenvalue weighted by molar-refractivity contribution is 0.173. The summed E-state index contributed by atoms with van der Waals surface area (Å²) in [5, 5.41) is 20.4. The fourth-order valence-electron chi connectivity index (χ4n) is 1.53. The van der Waals surface area contributed by atoms with E-state index in [2.05, 4.69) is 15.1 Å². The first-order valence-electron chi connectivity index (χ1n) is 6.17. The highest BCUT2D eigenvalue weighted by atomic mass is 16.6. The maximum atomic E-state index is 8.52. The second-order valence-corrected chi connectivity index (χ2v) is 3.92. The van der Waals surface area contributed by atoms with Gasteiger partial charge in [-0.15, -0.1) is 0 Å². The SMILES string of the molecule is COc1ccc(C2=NCN=C(CON=C(C#N)C#N)O2)cc1. The molecule has 1 aliphatic rings. The van der Waals surface area contributed by atoms with Gasteiger partial charge in [0.05, 0.1) is 7.11 Å². The summed E-state index contributed by atoms with van der Waals surface area (Å²) in [6, 6.07) is 10.4. The van der Waals surface area contributed by atoms with E-state index < -0.39 is 0 Å². The molecule has 0 aliphatic carbocycles. The second kappa shape index (κ2) is 7.41. The van der Waals surface area contributed by atoms with E-state index in [-0.39, 0.29) is 24.9 Å². The largest absolute Gasteiger partial charge is 0.497 e. The van der Waals surface area contributed by atoms with Crippen molar-refractivity contribution < 1.29 is 14.3 Å². The highest BCUT2D eigenvalue weighted by Gasteiger charge is 2.14. The Kier molecular flexibility index (Phi) is 5.05. The summed E-state index contributed by atoms with van der Waals surface area (Å²) >= 11 is 0. The smallest absolute Gasteiger partial charge is 0.256 e. The molecular weight excluding hydrogens is 286 g/mol. The summed E-state index contributed by atoms with van der Waals surface area (Å²) in [5.41, 5.74) is 0.395. The zero-order valence-corrected chi connectivity index (χ0v) is 11.7. The van der Waals surface area contributed by atoms with Crippen LogP contribution in [0.25, 0.3) is 0 Å². The standard InChI is InChI=1S/C14H11N5O3/c1-20-12-4-2-10(3-5-12)14-18-9-17-13(22-14)8-21-19-11(6-15)7-16/h2-5H,8-9H2,1H3. The van der Waals surface area contributed by atoms with Crippen molar-refractivity contribution in [2.24, 2.45) is 15.1 Å². The van der Waals surface area contributed by atoms with E-state index in [1.165, 1.54) is 0 Å². The van der Waals surface area contributed by atoms with E-state index >= 15 is 0 Å². The van der Waals surface area contributed by atoms with Crippen molar-refractivity contribution in [3.63, 3.8) is 0 Å². The number of oxime groups is 1. The van der Waals surface area contributed by atoms with Gasteiger partial charge in [0.15, 0.2) is 6.61 Å². The molecule has 8 nitrogen and oxygen atoms in total. The number of benzene rings is 1. The van der Waals surface area contributed by atoms with Crippen LogP contribution in [0.1, 0.15) is 5.56 Å². The Balaban J connectivity index is 1.96. The number of rotatable bonds is 5. The van der Waals surface area contributed by atoms with Gasteiger partial charge in [0.1, 0.15) is 24.6 Å². The zero-order valence-electron chi connectivity index (χ0n) is 11.7. The average molecular weight is 297 g/mol. The lowest BCUT2D eigenvalue weighted by Crippen LogP contribution is -2.22. The third-order valence-corrected chi connectivity index (χ3v) is 2.57. The summed E-state index contributed by atoms with van der Waals surface area (Å²) in [5.74, 6) is 1.40. The summed E-state index contributed by atoms with van der Waals surface area (Å²) in [7, 11) is 1.59.